The zero-order valence-electron chi connectivity index (χ0n) is 19.1. The zero-order valence-corrected chi connectivity index (χ0v) is 19.1. The average Bonchev–Trinajstić information content (AvgIpc) is 2.97. The lowest BCUT2D eigenvalue weighted by molar-refractivity contribution is -0.160. The maximum absolute atomic E-state index is 12.4. The molecule has 0 spiro atoms. The normalized spacial score (nSPS) is 16.2. The number of aromatic nitrogens is 3. The highest BCUT2D eigenvalue weighted by Gasteiger charge is 2.34. The first kappa shape index (κ1) is 22.2. The molecular formula is C24H31N5O3. The molecule has 1 aromatic carbocycles. The second-order valence-corrected chi connectivity index (χ2v) is 9.14. The van der Waals surface area contributed by atoms with Crippen molar-refractivity contribution in [2.75, 3.05) is 31.1 Å². The monoisotopic (exact) mass is 437 g/mol. The Hall–Kier alpha value is -2.97. The average molecular weight is 438 g/mol. The number of carboxylic acids is 1. The van der Waals surface area contributed by atoms with E-state index in [1.54, 1.807) is 4.52 Å². The fourth-order valence-electron chi connectivity index (χ4n) is 4.12. The number of carbonyl (C=O) groups is 1. The first-order valence-corrected chi connectivity index (χ1v) is 11.1. The van der Waals surface area contributed by atoms with Gasteiger partial charge in [-0.25, -0.2) is 9.78 Å². The van der Waals surface area contributed by atoms with E-state index in [2.05, 4.69) is 10.2 Å². The zero-order chi connectivity index (χ0) is 22.9. The number of aliphatic carboxylic acids is 1. The molecule has 0 bridgehead atoms. The molecule has 4 rings (SSSR count). The van der Waals surface area contributed by atoms with Crippen LogP contribution in [0.2, 0.25) is 0 Å². The molecule has 0 saturated carbocycles. The van der Waals surface area contributed by atoms with E-state index >= 15 is 0 Å². The van der Waals surface area contributed by atoms with Gasteiger partial charge in [0.25, 0.3) is 0 Å². The minimum absolute atomic E-state index is 0.560. The summed E-state index contributed by atoms with van der Waals surface area (Å²) >= 11 is 0. The Bertz CT molecular complexity index is 1100. The van der Waals surface area contributed by atoms with Gasteiger partial charge in [-0.3, -0.25) is 0 Å². The number of ether oxygens (including phenoxy) is 1. The Morgan fingerprint density at radius 1 is 1.19 bits per heavy atom. The van der Waals surface area contributed by atoms with Crippen molar-refractivity contribution in [3.8, 4) is 11.3 Å². The van der Waals surface area contributed by atoms with Gasteiger partial charge in [0.1, 0.15) is 5.82 Å². The number of fused-ring (bicyclic) bond motifs is 1. The van der Waals surface area contributed by atoms with Crippen LogP contribution in [0.4, 0.5) is 5.82 Å². The number of nitrogens with zero attached hydrogens (tertiary/aromatic N) is 4. The summed E-state index contributed by atoms with van der Waals surface area (Å²) in [6.07, 6.45) is -0.199. The van der Waals surface area contributed by atoms with Crippen LogP contribution in [-0.2, 0) is 9.53 Å². The third-order valence-electron chi connectivity index (χ3n) is 5.47. The molecule has 0 radical (unpaired) electrons. The van der Waals surface area contributed by atoms with Crippen LogP contribution in [-0.4, -0.2) is 57.5 Å². The molecule has 1 atom stereocenters. The molecule has 0 amide bonds. The first-order chi connectivity index (χ1) is 15.2. The topological polar surface area (TPSA) is 92.0 Å². The van der Waals surface area contributed by atoms with Crippen LogP contribution in [0.25, 0.3) is 16.9 Å². The molecule has 2 N–H and O–H groups in total. The highest BCUT2D eigenvalue weighted by atomic mass is 16.5. The second-order valence-electron chi connectivity index (χ2n) is 9.14. The maximum atomic E-state index is 12.4. The maximum Gasteiger partial charge on any atom is 0.337 e. The molecule has 1 saturated heterocycles. The van der Waals surface area contributed by atoms with E-state index in [1.807, 2.05) is 64.1 Å². The lowest BCUT2D eigenvalue weighted by atomic mass is 10.1. The summed E-state index contributed by atoms with van der Waals surface area (Å²) in [6.45, 7) is 10.7. The Morgan fingerprint density at radius 2 is 1.94 bits per heavy atom. The number of anilines is 1. The number of hydrogen-bond acceptors (Lipinski definition) is 6. The number of aryl methyl sites for hydroxylation is 1. The van der Waals surface area contributed by atoms with Crippen LogP contribution in [0.3, 0.4) is 0 Å². The summed E-state index contributed by atoms with van der Waals surface area (Å²) in [5, 5.41) is 18.4. The van der Waals surface area contributed by atoms with Crippen molar-refractivity contribution in [1.29, 1.82) is 0 Å². The second kappa shape index (κ2) is 8.88. The largest absolute Gasteiger partial charge is 0.479 e. The fourth-order valence-corrected chi connectivity index (χ4v) is 4.12. The first-order valence-electron chi connectivity index (χ1n) is 11.1. The molecule has 1 fully saturated rings. The van der Waals surface area contributed by atoms with Crippen molar-refractivity contribution in [3.63, 3.8) is 0 Å². The van der Waals surface area contributed by atoms with E-state index in [4.69, 9.17) is 14.8 Å². The van der Waals surface area contributed by atoms with Crippen molar-refractivity contribution in [2.45, 2.75) is 45.8 Å². The highest BCUT2D eigenvalue weighted by molar-refractivity contribution is 5.79. The van der Waals surface area contributed by atoms with Gasteiger partial charge < -0.3 is 20.1 Å². The van der Waals surface area contributed by atoms with Crippen LogP contribution in [0, 0.1) is 6.92 Å². The van der Waals surface area contributed by atoms with Crippen LogP contribution in [0.5, 0.6) is 0 Å². The molecule has 0 aliphatic carbocycles. The molecule has 8 heteroatoms. The van der Waals surface area contributed by atoms with Gasteiger partial charge in [0.05, 0.1) is 16.9 Å². The van der Waals surface area contributed by atoms with Gasteiger partial charge in [-0.15, -0.1) is 0 Å². The van der Waals surface area contributed by atoms with Crippen LogP contribution in [0.1, 0.15) is 44.6 Å². The summed E-state index contributed by atoms with van der Waals surface area (Å²) in [7, 11) is 0. The van der Waals surface area contributed by atoms with Crippen LogP contribution < -0.4 is 10.2 Å². The Labute approximate surface area is 188 Å². The minimum Gasteiger partial charge on any atom is -0.479 e. The van der Waals surface area contributed by atoms with Gasteiger partial charge in [-0.05, 0) is 40.7 Å². The van der Waals surface area contributed by atoms with E-state index < -0.39 is 17.7 Å². The summed E-state index contributed by atoms with van der Waals surface area (Å²) < 4.78 is 7.84. The summed E-state index contributed by atoms with van der Waals surface area (Å²) in [5.41, 5.74) is 3.04. The molecule has 1 aliphatic rings. The Morgan fingerprint density at radius 3 is 2.62 bits per heavy atom. The van der Waals surface area contributed by atoms with Crippen molar-refractivity contribution < 1.29 is 14.6 Å². The molecule has 170 valence electrons. The van der Waals surface area contributed by atoms with Gasteiger partial charge in [-0.2, -0.15) is 9.61 Å². The number of nitrogens with one attached hydrogen (secondary N) is 1. The quantitative estimate of drug-likeness (QED) is 0.632. The van der Waals surface area contributed by atoms with Gasteiger partial charge in [0, 0.05) is 37.0 Å². The smallest absolute Gasteiger partial charge is 0.337 e. The lowest BCUT2D eigenvalue weighted by Gasteiger charge is -2.31. The molecule has 1 unspecified atom stereocenters. The third kappa shape index (κ3) is 4.61. The van der Waals surface area contributed by atoms with Gasteiger partial charge in [0.15, 0.2) is 11.8 Å². The fraction of sp³-hybridized carbons (Fsp3) is 0.458. The van der Waals surface area contributed by atoms with E-state index in [0.29, 0.717) is 16.9 Å². The minimum atomic E-state index is -1.15. The van der Waals surface area contributed by atoms with Gasteiger partial charge in [-0.1, -0.05) is 30.3 Å². The summed E-state index contributed by atoms with van der Waals surface area (Å²) in [6, 6.07) is 11.9. The Balaban J connectivity index is 1.96. The van der Waals surface area contributed by atoms with E-state index in [1.165, 1.54) is 0 Å². The van der Waals surface area contributed by atoms with E-state index in [-0.39, 0.29) is 0 Å². The number of carboxylic acid groups (broad SMARTS) is 1. The molecule has 3 heterocycles. The molecule has 2 aromatic heterocycles. The predicted molar refractivity (Wildman–Crippen MR) is 124 cm³/mol. The third-order valence-corrected chi connectivity index (χ3v) is 5.47. The Kier molecular flexibility index (Phi) is 6.17. The summed E-state index contributed by atoms with van der Waals surface area (Å²) in [5.74, 6) is -0.288. The lowest BCUT2D eigenvalue weighted by Crippen LogP contribution is -2.34. The van der Waals surface area contributed by atoms with Gasteiger partial charge in [0.2, 0.25) is 0 Å². The molecule has 1 aliphatic heterocycles. The van der Waals surface area contributed by atoms with Crippen molar-refractivity contribution >= 4 is 17.4 Å². The molecule has 3 aromatic rings. The number of benzene rings is 1. The molecule has 8 nitrogen and oxygen atoms in total. The van der Waals surface area contributed by atoms with Crippen molar-refractivity contribution in [2.24, 2.45) is 0 Å². The summed E-state index contributed by atoms with van der Waals surface area (Å²) in [4.78, 5) is 19.3. The number of hydrogen-bond donors (Lipinski definition) is 2. The van der Waals surface area contributed by atoms with Crippen LogP contribution >= 0.6 is 0 Å². The number of rotatable bonds is 5. The predicted octanol–water partition coefficient (Wildman–Crippen LogP) is 3.45. The van der Waals surface area contributed by atoms with Crippen LogP contribution in [0.15, 0.2) is 36.4 Å². The van der Waals surface area contributed by atoms with Crippen molar-refractivity contribution in [1.82, 2.24) is 19.9 Å². The highest BCUT2D eigenvalue weighted by Crippen LogP contribution is 2.35. The van der Waals surface area contributed by atoms with E-state index in [0.717, 1.165) is 49.7 Å². The molecule has 32 heavy (non-hydrogen) atoms. The van der Waals surface area contributed by atoms with E-state index in [9.17, 15) is 9.90 Å². The SMILES string of the molecule is Cc1nc2cc(-c3ccccc3)nn2c(N2CCCNCC2)c1C(OC(C)(C)C)C(=O)O. The van der Waals surface area contributed by atoms with Crippen molar-refractivity contribution in [3.05, 3.63) is 47.7 Å². The standard InChI is InChI=1S/C24H31N5O3/c1-16-20(21(23(30)31)32-24(2,3)4)22(28-13-8-11-25-12-14-28)29-19(26-16)15-18(27-29)17-9-6-5-7-10-17/h5-7,9-10,15,21,25H,8,11-14H2,1-4H3,(H,30,31). The van der Waals surface area contributed by atoms with Gasteiger partial charge >= 0.3 is 5.97 Å². The molecular weight excluding hydrogens is 406 g/mol.